The first-order chi connectivity index (χ1) is 14.7. The zero-order chi connectivity index (χ0) is 20.8. The van der Waals surface area contributed by atoms with Crippen LogP contribution in [0.25, 0.3) is 11.3 Å². The highest BCUT2D eigenvalue weighted by atomic mass is 16.5. The highest BCUT2D eigenvalue weighted by molar-refractivity contribution is 5.78. The Morgan fingerprint density at radius 2 is 1.83 bits per heavy atom. The van der Waals surface area contributed by atoms with Crippen LogP contribution in [-0.2, 0) is 16.0 Å². The van der Waals surface area contributed by atoms with Crippen molar-refractivity contribution in [2.75, 3.05) is 32.8 Å². The maximum Gasteiger partial charge on any atom is 0.227 e. The van der Waals surface area contributed by atoms with Crippen molar-refractivity contribution in [2.24, 2.45) is 0 Å². The summed E-state index contributed by atoms with van der Waals surface area (Å²) in [6.07, 6.45) is 0.170. The first-order valence-electron chi connectivity index (χ1n) is 10.3. The van der Waals surface area contributed by atoms with Crippen molar-refractivity contribution in [3.05, 3.63) is 77.6 Å². The molecule has 2 heterocycles. The third-order valence-electron chi connectivity index (χ3n) is 5.40. The number of nitrogens with zero attached hydrogens (tertiary/aromatic N) is 2. The number of carbonyl (C=O) groups is 1. The van der Waals surface area contributed by atoms with E-state index < -0.39 is 0 Å². The summed E-state index contributed by atoms with van der Waals surface area (Å²) < 4.78 is 10.9. The fraction of sp³-hybridized carbons (Fsp3) is 0.333. The number of hydrogen-bond donors (Lipinski definition) is 1. The number of rotatable bonds is 7. The molecule has 0 aliphatic carbocycles. The third-order valence-corrected chi connectivity index (χ3v) is 5.40. The van der Waals surface area contributed by atoms with Gasteiger partial charge in [-0.3, -0.25) is 9.69 Å². The van der Waals surface area contributed by atoms with Crippen molar-refractivity contribution in [3.63, 3.8) is 0 Å². The van der Waals surface area contributed by atoms with Gasteiger partial charge >= 0.3 is 0 Å². The van der Waals surface area contributed by atoms with E-state index in [1.165, 1.54) is 11.1 Å². The molecule has 2 aromatic carbocycles. The van der Waals surface area contributed by atoms with Gasteiger partial charge in [0.1, 0.15) is 11.5 Å². The first kappa shape index (κ1) is 20.3. The SMILES string of the molecule is Cc1ccc(C(CNC(=O)Cc2cc(-c3ccccc3)no2)N2CCOCC2)cc1. The third kappa shape index (κ3) is 5.14. The molecule has 0 radical (unpaired) electrons. The lowest BCUT2D eigenvalue weighted by Gasteiger charge is -2.35. The molecule has 0 spiro atoms. The van der Waals surface area contributed by atoms with E-state index in [4.69, 9.17) is 9.26 Å². The number of benzene rings is 2. The summed E-state index contributed by atoms with van der Waals surface area (Å²) in [5, 5.41) is 7.17. The van der Waals surface area contributed by atoms with Crippen LogP contribution < -0.4 is 5.32 Å². The zero-order valence-corrected chi connectivity index (χ0v) is 17.2. The Labute approximate surface area is 176 Å². The van der Waals surface area contributed by atoms with Crippen molar-refractivity contribution in [2.45, 2.75) is 19.4 Å². The average molecular weight is 405 g/mol. The average Bonchev–Trinajstić information content (AvgIpc) is 3.25. The van der Waals surface area contributed by atoms with Gasteiger partial charge < -0.3 is 14.6 Å². The molecular weight excluding hydrogens is 378 g/mol. The van der Waals surface area contributed by atoms with Crippen LogP contribution >= 0.6 is 0 Å². The van der Waals surface area contributed by atoms with E-state index in [-0.39, 0.29) is 18.4 Å². The Morgan fingerprint density at radius 1 is 1.10 bits per heavy atom. The molecule has 156 valence electrons. The van der Waals surface area contributed by atoms with E-state index in [1.807, 2.05) is 36.4 Å². The van der Waals surface area contributed by atoms with Crippen molar-refractivity contribution in [1.82, 2.24) is 15.4 Å². The molecule has 1 saturated heterocycles. The molecule has 4 rings (SSSR count). The van der Waals surface area contributed by atoms with Crippen LogP contribution in [-0.4, -0.2) is 48.8 Å². The van der Waals surface area contributed by atoms with Crippen LogP contribution in [0, 0.1) is 6.92 Å². The molecule has 1 amide bonds. The second-order valence-corrected chi connectivity index (χ2v) is 7.60. The molecule has 1 N–H and O–H groups in total. The number of morpholine rings is 1. The first-order valence-corrected chi connectivity index (χ1v) is 10.3. The van der Waals surface area contributed by atoms with Gasteiger partial charge in [0.25, 0.3) is 0 Å². The van der Waals surface area contributed by atoms with E-state index in [9.17, 15) is 4.79 Å². The Kier molecular flexibility index (Phi) is 6.57. The highest BCUT2D eigenvalue weighted by Gasteiger charge is 2.23. The lowest BCUT2D eigenvalue weighted by molar-refractivity contribution is -0.121. The van der Waals surface area contributed by atoms with Gasteiger partial charge in [0.2, 0.25) is 5.91 Å². The van der Waals surface area contributed by atoms with Crippen molar-refractivity contribution >= 4 is 5.91 Å². The van der Waals surface area contributed by atoms with Gasteiger partial charge in [-0.25, -0.2) is 0 Å². The fourth-order valence-electron chi connectivity index (χ4n) is 3.71. The number of amides is 1. The largest absolute Gasteiger partial charge is 0.379 e. The molecule has 6 nitrogen and oxygen atoms in total. The van der Waals surface area contributed by atoms with Crippen LogP contribution in [0.2, 0.25) is 0 Å². The number of aryl methyl sites for hydroxylation is 1. The van der Waals surface area contributed by atoms with E-state index in [0.29, 0.717) is 12.3 Å². The van der Waals surface area contributed by atoms with E-state index in [0.717, 1.165) is 37.6 Å². The van der Waals surface area contributed by atoms with Gasteiger partial charge in [-0.05, 0) is 12.5 Å². The van der Waals surface area contributed by atoms with Gasteiger partial charge in [0.15, 0.2) is 0 Å². The van der Waals surface area contributed by atoms with Crippen molar-refractivity contribution < 1.29 is 14.1 Å². The van der Waals surface area contributed by atoms with Gasteiger partial charge in [0, 0.05) is 31.3 Å². The Morgan fingerprint density at radius 3 is 2.57 bits per heavy atom. The molecule has 0 saturated carbocycles. The second kappa shape index (κ2) is 9.69. The molecule has 6 heteroatoms. The molecule has 1 aromatic heterocycles. The summed E-state index contributed by atoms with van der Waals surface area (Å²) in [7, 11) is 0. The number of aromatic nitrogens is 1. The summed E-state index contributed by atoms with van der Waals surface area (Å²) in [5.41, 5.74) is 4.14. The predicted octanol–water partition coefficient (Wildman–Crippen LogP) is 3.38. The van der Waals surface area contributed by atoms with Crippen LogP contribution in [0.3, 0.4) is 0 Å². The molecule has 1 aliphatic heterocycles. The minimum absolute atomic E-state index is 0.0730. The number of nitrogens with one attached hydrogen (secondary N) is 1. The summed E-state index contributed by atoms with van der Waals surface area (Å²) in [5.74, 6) is 0.487. The molecule has 0 bridgehead atoms. The maximum absolute atomic E-state index is 12.6. The van der Waals surface area contributed by atoms with E-state index >= 15 is 0 Å². The summed E-state index contributed by atoms with van der Waals surface area (Å²) >= 11 is 0. The second-order valence-electron chi connectivity index (χ2n) is 7.60. The molecule has 30 heavy (non-hydrogen) atoms. The normalized spacial score (nSPS) is 15.6. The van der Waals surface area contributed by atoms with Crippen LogP contribution in [0.15, 0.2) is 65.2 Å². The molecule has 1 atom stereocenters. The Bertz CT molecular complexity index is 947. The van der Waals surface area contributed by atoms with Crippen molar-refractivity contribution in [1.29, 1.82) is 0 Å². The number of hydrogen-bond acceptors (Lipinski definition) is 5. The van der Waals surface area contributed by atoms with Crippen LogP contribution in [0.1, 0.15) is 22.9 Å². The van der Waals surface area contributed by atoms with Gasteiger partial charge in [-0.2, -0.15) is 0 Å². The number of carbonyl (C=O) groups excluding carboxylic acids is 1. The quantitative estimate of drug-likeness (QED) is 0.653. The summed E-state index contributed by atoms with van der Waals surface area (Å²) in [4.78, 5) is 15.0. The Balaban J connectivity index is 1.39. The van der Waals surface area contributed by atoms with E-state index in [1.54, 1.807) is 0 Å². The van der Waals surface area contributed by atoms with Crippen LogP contribution in [0.4, 0.5) is 0 Å². The predicted molar refractivity (Wildman–Crippen MR) is 115 cm³/mol. The lowest BCUT2D eigenvalue weighted by atomic mass is 10.0. The molecule has 1 unspecified atom stereocenters. The maximum atomic E-state index is 12.6. The number of ether oxygens (including phenoxy) is 1. The minimum Gasteiger partial charge on any atom is -0.379 e. The zero-order valence-electron chi connectivity index (χ0n) is 17.2. The summed E-state index contributed by atoms with van der Waals surface area (Å²) in [6.45, 7) is 5.78. The van der Waals surface area contributed by atoms with Gasteiger partial charge in [0.05, 0.1) is 25.7 Å². The smallest absolute Gasteiger partial charge is 0.227 e. The van der Waals surface area contributed by atoms with Gasteiger partial charge in [-0.15, -0.1) is 0 Å². The highest BCUT2D eigenvalue weighted by Crippen LogP contribution is 2.22. The molecule has 1 fully saturated rings. The minimum atomic E-state index is -0.0730. The van der Waals surface area contributed by atoms with Crippen molar-refractivity contribution in [3.8, 4) is 11.3 Å². The lowest BCUT2D eigenvalue weighted by Crippen LogP contribution is -2.44. The molecular formula is C24H27N3O3. The van der Waals surface area contributed by atoms with Crippen LogP contribution in [0.5, 0.6) is 0 Å². The fourth-order valence-corrected chi connectivity index (χ4v) is 3.71. The van der Waals surface area contributed by atoms with E-state index in [2.05, 4.69) is 46.6 Å². The van der Waals surface area contributed by atoms with Gasteiger partial charge in [-0.1, -0.05) is 65.3 Å². The summed E-state index contributed by atoms with van der Waals surface area (Å²) in [6, 6.07) is 20.3. The Hall–Kier alpha value is -2.96. The molecule has 1 aliphatic rings. The monoisotopic (exact) mass is 405 g/mol. The topological polar surface area (TPSA) is 67.6 Å². The standard InChI is InChI=1S/C24H27N3O3/c1-18-7-9-20(10-8-18)23(27-11-13-29-14-12-27)17-25-24(28)16-21-15-22(26-30-21)19-5-3-2-4-6-19/h2-10,15,23H,11-14,16-17H2,1H3,(H,25,28). The molecule has 3 aromatic rings.